The van der Waals surface area contributed by atoms with Crippen LogP contribution in [-0.2, 0) is 4.79 Å². The zero-order chi connectivity index (χ0) is 7.98. The fourth-order valence-electron chi connectivity index (χ4n) is 0.368. The van der Waals surface area contributed by atoms with E-state index in [0.717, 1.165) is 0 Å². The molecule has 0 spiro atoms. The summed E-state index contributed by atoms with van der Waals surface area (Å²) in [6.45, 7) is 0.0690. The van der Waals surface area contributed by atoms with E-state index in [9.17, 15) is 13.6 Å². The molecule has 0 saturated heterocycles. The normalized spacial score (nSPS) is 10.0. The maximum absolute atomic E-state index is 11.4. The molecule has 1 N–H and O–H groups in total. The molecule has 0 aromatic heterocycles. The minimum absolute atomic E-state index is 0.0690. The highest BCUT2D eigenvalue weighted by Gasteiger charge is 2.02. The first-order valence-electron chi connectivity index (χ1n) is 2.77. The molecule has 0 aliphatic heterocycles. The van der Waals surface area contributed by atoms with Gasteiger partial charge in [0.15, 0.2) is 0 Å². The molecule has 2 nitrogen and oxygen atoms in total. The smallest absolute Gasteiger partial charge is 0.240 e. The monoisotopic (exact) mass is 263 g/mol. The Morgan fingerprint density at radius 1 is 1.60 bits per heavy atom. The molecule has 0 saturated carbocycles. The molecule has 0 aromatic rings. The van der Waals surface area contributed by atoms with Crippen molar-refractivity contribution in [3.05, 3.63) is 0 Å². The lowest BCUT2D eigenvalue weighted by atomic mass is 10.4. The number of carbonyl (C=O) groups excluding carboxylic acids is 1. The molecule has 0 unspecified atom stereocenters. The molecular weight excluding hydrogens is 255 g/mol. The number of nitrogens with one attached hydrogen (secondary N) is 1. The Hall–Kier alpha value is 0.0600. The number of rotatable bonds is 4. The standard InChI is InChI=1S/C5H8F2INO/c6-4(7)1-2-9-5(10)3-8/h4H,1-3H2,(H,9,10). The van der Waals surface area contributed by atoms with Gasteiger partial charge in [0.25, 0.3) is 0 Å². The quantitative estimate of drug-likeness (QED) is 0.599. The minimum atomic E-state index is -2.32. The van der Waals surface area contributed by atoms with Gasteiger partial charge in [-0.15, -0.1) is 0 Å². The second kappa shape index (κ2) is 5.82. The third kappa shape index (κ3) is 6.18. The highest BCUT2D eigenvalue weighted by molar-refractivity contribution is 14.1. The maximum Gasteiger partial charge on any atom is 0.240 e. The minimum Gasteiger partial charge on any atom is -0.355 e. The van der Waals surface area contributed by atoms with Crippen LogP contribution >= 0.6 is 22.6 Å². The largest absolute Gasteiger partial charge is 0.355 e. The summed E-state index contributed by atoms with van der Waals surface area (Å²) in [7, 11) is 0. The Morgan fingerprint density at radius 2 is 2.20 bits per heavy atom. The van der Waals surface area contributed by atoms with Crippen LogP contribution in [0.4, 0.5) is 8.78 Å². The van der Waals surface area contributed by atoms with Crippen molar-refractivity contribution in [3.8, 4) is 0 Å². The first kappa shape index (κ1) is 10.1. The fraction of sp³-hybridized carbons (Fsp3) is 0.800. The molecule has 5 heteroatoms. The first-order chi connectivity index (χ1) is 4.66. The van der Waals surface area contributed by atoms with E-state index in [0.29, 0.717) is 4.43 Å². The van der Waals surface area contributed by atoms with Crippen LogP contribution in [-0.4, -0.2) is 23.3 Å². The Bertz CT molecular complexity index is 110. The van der Waals surface area contributed by atoms with Crippen molar-refractivity contribution in [1.29, 1.82) is 0 Å². The van der Waals surface area contributed by atoms with E-state index >= 15 is 0 Å². The van der Waals surface area contributed by atoms with Crippen LogP contribution in [0.1, 0.15) is 6.42 Å². The van der Waals surface area contributed by atoms with Gasteiger partial charge in [0, 0.05) is 13.0 Å². The zero-order valence-electron chi connectivity index (χ0n) is 5.24. The number of carbonyl (C=O) groups is 1. The lowest BCUT2D eigenvalue weighted by Gasteiger charge is -2.00. The first-order valence-corrected chi connectivity index (χ1v) is 4.30. The van der Waals surface area contributed by atoms with Crippen molar-refractivity contribution in [2.75, 3.05) is 11.0 Å². The average molecular weight is 263 g/mol. The topological polar surface area (TPSA) is 29.1 Å². The highest BCUT2D eigenvalue weighted by Crippen LogP contribution is 1.95. The predicted molar refractivity (Wildman–Crippen MR) is 42.5 cm³/mol. The van der Waals surface area contributed by atoms with Gasteiger partial charge in [0.2, 0.25) is 12.3 Å². The maximum atomic E-state index is 11.4. The predicted octanol–water partition coefficient (Wildman–Crippen LogP) is 1.19. The second-order valence-corrected chi connectivity index (χ2v) is 2.43. The van der Waals surface area contributed by atoms with Crippen LogP contribution in [0.15, 0.2) is 0 Å². The molecule has 60 valence electrons. The van der Waals surface area contributed by atoms with E-state index in [1.807, 2.05) is 22.6 Å². The fourth-order valence-corrected chi connectivity index (χ4v) is 0.638. The molecule has 10 heavy (non-hydrogen) atoms. The molecule has 0 fully saturated rings. The average Bonchev–Trinajstić information content (AvgIpc) is 1.87. The van der Waals surface area contributed by atoms with Crippen molar-refractivity contribution >= 4 is 28.5 Å². The molecule has 0 bridgehead atoms. The second-order valence-electron chi connectivity index (χ2n) is 1.66. The zero-order valence-corrected chi connectivity index (χ0v) is 7.40. The van der Waals surface area contributed by atoms with Gasteiger partial charge in [-0.05, 0) is 0 Å². The molecule has 0 heterocycles. The summed E-state index contributed by atoms with van der Waals surface area (Å²) in [6, 6.07) is 0. The third-order valence-corrected chi connectivity index (χ3v) is 1.50. The van der Waals surface area contributed by atoms with Crippen molar-refractivity contribution < 1.29 is 13.6 Å². The Morgan fingerprint density at radius 3 is 2.60 bits per heavy atom. The lowest BCUT2D eigenvalue weighted by Crippen LogP contribution is -2.26. The van der Waals surface area contributed by atoms with Crippen LogP contribution in [0.5, 0.6) is 0 Å². The van der Waals surface area contributed by atoms with Crippen LogP contribution in [0.2, 0.25) is 0 Å². The Kier molecular flexibility index (Phi) is 5.85. The highest BCUT2D eigenvalue weighted by atomic mass is 127. The van der Waals surface area contributed by atoms with Crippen molar-refractivity contribution in [2.24, 2.45) is 0 Å². The third-order valence-electron chi connectivity index (χ3n) is 0.806. The summed E-state index contributed by atoms with van der Waals surface area (Å²) in [6.07, 6.45) is -2.59. The number of halogens is 3. The van der Waals surface area contributed by atoms with Gasteiger partial charge in [0.05, 0.1) is 4.43 Å². The van der Waals surface area contributed by atoms with Gasteiger partial charge >= 0.3 is 0 Å². The SMILES string of the molecule is O=C(CI)NCCC(F)F. The number of amides is 1. The molecule has 0 aliphatic rings. The van der Waals surface area contributed by atoms with Crippen molar-refractivity contribution in [2.45, 2.75) is 12.8 Å². The van der Waals surface area contributed by atoms with Crippen LogP contribution in [0.25, 0.3) is 0 Å². The van der Waals surface area contributed by atoms with E-state index < -0.39 is 6.43 Å². The Labute approximate surface area is 71.5 Å². The number of alkyl halides is 3. The van der Waals surface area contributed by atoms with Gasteiger partial charge < -0.3 is 5.32 Å². The lowest BCUT2D eigenvalue weighted by molar-refractivity contribution is -0.118. The van der Waals surface area contributed by atoms with E-state index in [1.54, 1.807) is 0 Å². The van der Waals surface area contributed by atoms with Crippen LogP contribution in [0, 0.1) is 0 Å². The van der Waals surface area contributed by atoms with E-state index in [4.69, 9.17) is 0 Å². The van der Waals surface area contributed by atoms with Gasteiger partial charge in [-0.1, -0.05) is 22.6 Å². The van der Waals surface area contributed by atoms with Gasteiger partial charge in [0.1, 0.15) is 0 Å². The van der Waals surface area contributed by atoms with Crippen LogP contribution in [0.3, 0.4) is 0 Å². The number of hydrogen-bond donors (Lipinski definition) is 1. The van der Waals surface area contributed by atoms with E-state index in [-0.39, 0.29) is 18.9 Å². The van der Waals surface area contributed by atoms with Crippen molar-refractivity contribution in [3.63, 3.8) is 0 Å². The van der Waals surface area contributed by atoms with Gasteiger partial charge in [-0.3, -0.25) is 4.79 Å². The summed E-state index contributed by atoms with van der Waals surface area (Å²) in [5.74, 6) is -0.193. The van der Waals surface area contributed by atoms with Crippen molar-refractivity contribution in [1.82, 2.24) is 5.32 Å². The summed E-state index contributed by atoms with van der Waals surface area (Å²) < 4.78 is 23.2. The molecule has 0 rings (SSSR count). The van der Waals surface area contributed by atoms with E-state index in [1.165, 1.54) is 0 Å². The molecule has 0 atom stereocenters. The molecule has 0 aliphatic carbocycles. The summed E-state index contributed by atoms with van der Waals surface area (Å²) in [5, 5.41) is 2.34. The summed E-state index contributed by atoms with van der Waals surface area (Å²) in [5.41, 5.74) is 0. The van der Waals surface area contributed by atoms with Crippen LogP contribution < -0.4 is 5.32 Å². The van der Waals surface area contributed by atoms with Gasteiger partial charge in [-0.25, -0.2) is 8.78 Å². The van der Waals surface area contributed by atoms with Gasteiger partial charge in [-0.2, -0.15) is 0 Å². The molecular formula is C5H8F2INO. The Balaban J connectivity index is 3.12. The summed E-state index contributed by atoms with van der Waals surface area (Å²) >= 11 is 1.87. The van der Waals surface area contributed by atoms with E-state index in [2.05, 4.69) is 5.32 Å². The molecule has 0 radical (unpaired) electrons. The summed E-state index contributed by atoms with van der Waals surface area (Å²) in [4.78, 5) is 10.4. The number of hydrogen-bond acceptors (Lipinski definition) is 1. The molecule has 0 aromatic carbocycles. The molecule has 1 amide bonds.